The lowest BCUT2D eigenvalue weighted by atomic mass is 9.77. The lowest BCUT2D eigenvalue weighted by Crippen LogP contribution is -2.56. The number of aliphatic hydroxyl groups excluding tert-OH is 1. The third kappa shape index (κ3) is 4.78. The molecule has 2 atom stereocenters. The number of piperidine rings is 1. The highest BCUT2D eigenvalue weighted by molar-refractivity contribution is 6.04. The Morgan fingerprint density at radius 3 is 2.84 bits per heavy atom. The van der Waals surface area contributed by atoms with Crippen LogP contribution in [-0.4, -0.2) is 63.5 Å². The maximum atomic E-state index is 13.2. The van der Waals surface area contributed by atoms with Gasteiger partial charge in [0.05, 0.1) is 31.0 Å². The standard InChI is InChI=1S/C28H32N6O3/c1-2-18-13-20(18)16-37-27-31-22(26(36)33-28(17-35)8-4-9-28)14-24(32-27)34-11-6-19(7-12-34)25-21-5-3-10-29-23(21)15-30-25/h1,3,5,10,14,18-20,35H,4,6-9,11-13,15-17H2,(H,33,36)/t18-,20-/m1/s1. The number of hydrogen-bond acceptors (Lipinski definition) is 8. The van der Waals surface area contributed by atoms with E-state index in [9.17, 15) is 9.90 Å². The van der Waals surface area contributed by atoms with Crippen LogP contribution in [0, 0.1) is 30.1 Å². The van der Waals surface area contributed by atoms with Gasteiger partial charge in [0.2, 0.25) is 0 Å². The number of carbonyl (C=O) groups is 1. The molecule has 9 heteroatoms. The summed E-state index contributed by atoms with van der Waals surface area (Å²) < 4.78 is 5.92. The Morgan fingerprint density at radius 1 is 1.30 bits per heavy atom. The number of terminal acetylenes is 1. The molecule has 2 aliphatic carbocycles. The molecule has 3 fully saturated rings. The first-order chi connectivity index (χ1) is 18.1. The molecule has 0 spiro atoms. The van der Waals surface area contributed by atoms with Gasteiger partial charge in [-0.2, -0.15) is 9.97 Å². The number of pyridine rings is 1. The van der Waals surface area contributed by atoms with Gasteiger partial charge < -0.3 is 20.1 Å². The van der Waals surface area contributed by atoms with Crippen LogP contribution in [0.2, 0.25) is 0 Å². The Labute approximate surface area is 216 Å². The molecule has 9 nitrogen and oxygen atoms in total. The third-order valence-corrected chi connectivity index (χ3v) is 8.25. The number of amides is 1. The summed E-state index contributed by atoms with van der Waals surface area (Å²) in [7, 11) is 0. The van der Waals surface area contributed by atoms with Crippen molar-refractivity contribution in [1.29, 1.82) is 0 Å². The molecule has 6 rings (SSSR count). The van der Waals surface area contributed by atoms with Gasteiger partial charge in [0, 0.05) is 54.4 Å². The van der Waals surface area contributed by atoms with Crippen molar-refractivity contribution in [3.05, 3.63) is 41.3 Å². The summed E-state index contributed by atoms with van der Waals surface area (Å²) in [6, 6.07) is 6.02. The zero-order valence-corrected chi connectivity index (χ0v) is 20.9. The molecule has 2 saturated carbocycles. The van der Waals surface area contributed by atoms with Crippen molar-refractivity contribution in [3.8, 4) is 18.4 Å². The van der Waals surface area contributed by atoms with Gasteiger partial charge in [0.25, 0.3) is 5.91 Å². The molecule has 0 unspecified atom stereocenters. The highest BCUT2D eigenvalue weighted by Gasteiger charge is 2.39. The SMILES string of the molecule is C#C[C@@H]1C[C@@H]1COc1nc(C(=O)NC2(CO)CCC2)cc(N2CCC(C3=NCc4ncccc43)CC2)n1. The molecule has 192 valence electrons. The van der Waals surface area contributed by atoms with Crippen molar-refractivity contribution >= 4 is 17.4 Å². The smallest absolute Gasteiger partial charge is 0.319 e. The van der Waals surface area contributed by atoms with Gasteiger partial charge in [-0.05, 0) is 50.7 Å². The normalized spacial score (nSPS) is 23.9. The van der Waals surface area contributed by atoms with Crippen molar-refractivity contribution in [1.82, 2.24) is 20.3 Å². The highest BCUT2D eigenvalue weighted by atomic mass is 16.5. The molecule has 2 aromatic rings. The van der Waals surface area contributed by atoms with Crippen LogP contribution in [0.1, 0.15) is 60.3 Å². The van der Waals surface area contributed by atoms with Crippen molar-refractivity contribution in [2.24, 2.45) is 22.7 Å². The van der Waals surface area contributed by atoms with E-state index in [-0.39, 0.29) is 30.1 Å². The summed E-state index contributed by atoms with van der Waals surface area (Å²) in [5.74, 6) is 4.06. The zero-order chi connectivity index (χ0) is 25.4. The van der Waals surface area contributed by atoms with E-state index in [4.69, 9.17) is 16.2 Å². The number of aliphatic imine (C=N–C) groups is 1. The fourth-order valence-electron chi connectivity index (χ4n) is 5.58. The van der Waals surface area contributed by atoms with Crippen LogP contribution in [0.15, 0.2) is 29.4 Å². The van der Waals surface area contributed by atoms with Gasteiger partial charge in [-0.15, -0.1) is 12.3 Å². The van der Waals surface area contributed by atoms with E-state index < -0.39 is 5.54 Å². The minimum absolute atomic E-state index is 0.0781. The minimum atomic E-state index is -0.553. The summed E-state index contributed by atoms with van der Waals surface area (Å²) in [4.78, 5) is 33.7. The highest BCUT2D eigenvalue weighted by Crippen LogP contribution is 2.38. The van der Waals surface area contributed by atoms with E-state index in [2.05, 4.69) is 37.2 Å². The fourth-order valence-corrected chi connectivity index (χ4v) is 5.58. The summed E-state index contributed by atoms with van der Waals surface area (Å²) in [5.41, 5.74) is 3.10. The Kier molecular flexibility index (Phi) is 6.29. The number of ether oxygens (including phenoxy) is 1. The van der Waals surface area contributed by atoms with Crippen molar-refractivity contribution < 1.29 is 14.6 Å². The van der Waals surface area contributed by atoms with E-state index >= 15 is 0 Å². The Hall–Kier alpha value is -3.51. The molecule has 0 radical (unpaired) electrons. The summed E-state index contributed by atoms with van der Waals surface area (Å²) in [6.45, 7) is 2.60. The second-order valence-electron chi connectivity index (χ2n) is 10.7. The number of aliphatic hydroxyl groups is 1. The maximum absolute atomic E-state index is 13.2. The van der Waals surface area contributed by atoms with E-state index in [1.807, 2.05) is 12.3 Å². The molecule has 2 N–H and O–H groups in total. The molecular weight excluding hydrogens is 468 g/mol. The van der Waals surface area contributed by atoms with E-state index in [1.165, 1.54) is 5.56 Å². The van der Waals surface area contributed by atoms with Crippen LogP contribution < -0.4 is 15.0 Å². The van der Waals surface area contributed by atoms with Crippen LogP contribution >= 0.6 is 0 Å². The first-order valence-electron chi connectivity index (χ1n) is 13.2. The first kappa shape index (κ1) is 23.9. The maximum Gasteiger partial charge on any atom is 0.319 e. The van der Waals surface area contributed by atoms with Gasteiger partial charge in [-0.25, -0.2) is 0 Å². The average molecular weight is 501 g/mol. The van der Waals surface area contributed by atoms with E-state index in [1.54, 1.807) is 6.07 Å². The lowest BCUT2D eigenvalue weighted by Gasteiger charge is -2.40. The number of nitrogens with one attached hydrogen (secondary N) is 1. The number of nitrogens with zero attached hydrogens (tertiary/aromatic N) is 5. The van der Waals surface area contributed by atoms with Gasteiger partial charge >= 0.3 is 6.01 Å². The van der Waals surface area contributed by atoms with Crippen LogP contribution in [0.25, 0.3) is 0 Å². The molecule has 0 bridgehead atoms. The average Bonchev–Trinajstić information content (AvgIpc) is 3.56. The Morgan fingerprint density at radius 2 is 2.14 bits per heavy atom. The summed E-state index contributed by atoms with van der Waals surface area (Å²) in [6.07, 6.45) is 12.7. The summed E-state index contributed by atoms with van der Waals surface area (Å²) in [5, 5.41) is 12.8. The number of anilines is 1. The molecule has 2 aliphatic heterocycles. The van der Waals surface area contributed by atoms with Crippen LogP contribution in [0.3, 0.4) is 0 Å². The molecule has 4 heterocycles. The molecule has 37 heavy (non-hydrogen) atoms. The Bertz CT molecular complexity index is 1250. The monoisotopic (exact) mass is 500 g/mol. The molecule has 2 aromatic heterocycles. The molecular formula is C28H32N6O3. The number of fused-ring (bicyclic) bond motifs is 1. The van der Waals surface area contributed by atoms with Crippen molar-refractivity contribution in [2.75, 3.05) is 31.2 Å². The first-order valence-corrected chi connectivity index (χ1v) is 13.2. The van der Waals surface area contributed by atoms with E-state index in [0.717, 1.165) is 63.0 Å². The predicted octanol–water partition coefficient (Wildman–Crippen LogP) is 2.38. The van der Waals surface area contributed by atoms with Crippen molar-refractivity contribution in [3.63, 3.8) is 0 Å². The molecule has 4 aliphatic rings. The predicted molar refractivity (Wildman–Crippen MR) is 139 cm³/mol. The van der Waals surface area contributed by atoms with Crippen LogP contribution in [-0.2, 0) is 6.54 Å². The van der Waals surface area contributed by atoms with Gasteiger partial charge in [-0.3, -0.25) is 14.8 Å². The molecule has 0 aromatic carbocycles. The summed E-state index contributed by atoms with van der Waals surface area (Å²) >= 11 is 0. The van der Waals surface area contributed by atoms with Crippen LogP contribution in [0.5, 0.6) is 6.01 Å². The van der Waals surface area contributed by atoms with Gasteiger partial charge in [-0.1, -0.05) is 0 Å². The number of rotatable bonds is 8. The quantitative estimate of drug-likeness (QED) is 0.535. The fraction of sp³-hybridized carbons (Fsp3) is 0.536. The molecule has 1 saturated heterocycles. The van der Waals surface area contributed by atoms with Crippen molar-refractivity contribution in [2.45, 2.75) is 50.6 Å². The van der Waals surface area contributed by atoms with Crippen LogP contribution in [0.4, 0.5) is 5.82 Å². The molecule has 1 amide bonds. The third-order valence-electron chi connectivity index (χ3n) is 8.25. The van der Waals surface area contributed by atoms with Gasteiger partial charge in [0.15, 0.2) is 0 Å². The largest absolute Gasteiger partial charge is 0.463 e. The van der Waals surface area contributed by atoms with E-state index in [0.29, 0.717) is 30.8 Å². The second-order valence-corrected chi connectivity index (χ2v) is 10.7. The second kappa shape index (κ2) is 9.75. The minimum Gasteiger partial charge on any atom is -0.463 e. The number of aromatic nitrogens is 3. The number of hydrogen-bond donors (Lipinski definition) is 2. The topological polar surface area (TPSA) is 113 Å². The Balaban J connectivity index is 1.18. The lowest BCUT2D eigenvalue weighted by molar-refractivity contribution is 0.0636. The zero-order valence-electron chi connectivity index (χ0n) is 20.9. The van der Waals surface area contributed by atoms with Gasteiger partial charge in [0.1, 0.15) is 11.5 Å². The number of carbonyl (C=O) groups excluding carboxylic acids is 1.